The van der Waals surface area contributed by atoms with Crippen LogP contribution in [0.25, 0.3) is 0 Å². The summed E-state index contributed by atoms with van der Waals surface area (Å²) in [4.78, 5) is 19.3. The number of carbonyl (C=O) groups is 1. The molecule has 0 aromatic carbocycles. The van der Waals surface area contributed by atoms with Gasteiger partial charge in [-0.1, -0.05) is 6.07 Å². The normalized spacial score (nSPS) is 11.3. The quantitative estimate of drug-likeness (QED) is 0.830. The molecular formula is C16H16F3N3O. The number of carbonyl (C=O) groups excluding carboxylic acids is 1. The average Bonchev–Trinajstić information content (AvgIpc) is 2.54. The van der Waals surface area contributed by atoms with Crippen LogP contribution in [0.1, 0.15) is 34.6 Å². The van der Waals surface area contributed by atoms with Crippen molar-refractivity contribution in [3.05, 3.63) is 59.7 Å². The van der Waals surface area contributed by atoms with Crippen LogP contribution in [0.3, 0.4) is 0 Å². The molecule has 0 saturated carbocycles. The third-order valence-electron chi connectivity index (χ3n) is 3.19. The highest BCUT2D eigenvalue weighted by Crippen LogP contribution is 2.27. The first-order valence-corrected chi connectivity index (χ1v) is 7.18. The second-order valence-electron chi connectivity index (χ2n) is 4.96. The highest BCUT2D eigenvalue weighted by molar-refractivity contribution is 5.93. The number of hydrogen-bond acceptors (Lipinski definition) is 3. The minimum Gasteiger partial charge on any atom is -0.352 e. The molecule has 1 N–H and O–H groups in total. The Bertz CT molecular complexity index is 627. The first-order chi connectivity index (χ1) is 11.0. The summed E-state index contributed by atoms with van der Waals surface area (Å²) >= 11 is 0. The fraction of sp³-hybridized carbons (Fsp3) is 0.312. The van der Waals surface area contributed by atoms with Crippen LogP contribution in [0, 0.1) is 0 Å². The number of aromatic nitrogens is 2. The standard InChI is InChI=1S/C16H16F3N3O/c17-16(18,19)14-8-7-12(11-22-14)15(23)21-10-4-2-6-13-5-1-3-9-20-13/h1,3,5,7-9,11H,2,4,6,10H2,(H,21,23). The summed E-state index contributed by atoms with van der Waals surface area (Å²) in [6.07, 6.45) is 0.610. The number of pyridine rings is 2. The van der Waals surface area contributed by atoms with Crippen molar-refractivity contribution in [2.75, 3.05) is 6.54 Å². The SMILES string of the molecule is O=C(NCCCCc1ccccn1)c1ccc(C(F)(F)F)nc1. The zero-order chi connectivity index (χ0) is 16.7. The Morgan fingerprint density at radius 2 is 1.91 bits per heavy atom. The molecule has 4 nitrogen and oxygen atoms in total. The highest BCUT2D eigenvalue weighted by atomic mass is 19.4. The summed E-state index contributed by atoms with van der Waals surface area (Å²) in [5.41, 5.74) is 0.0953. The van der Waals surface area contributed by atoms with E-state index in [1.807, 2.05) is 18.2 Å². The van der Waals surface area contributed by atoms with E-state index in [0.29, 0.717) is 6.54 Å². The lowest BCUT2D eigenvalue weighted by Gasteiger charge is -2.07. The second kappa shape index (κ2) is 7.71. The maximum atomic E-state index is 12.4. The van der Waals surface area contributed by atoms with Crippen molar-refractivity contribution in [1.29, 1.82) is 0 Å². The van der Waals surface area contributed by atoms with E-state index in [9.17, 15) is 18.0 Å². The van der Waals surface area contributed by atoms with Gasteiger partial charge in [-0.25, -0.2) is 0 Å². The Morgan fingerprint density at radius 1 is 1.09 bits per heavy atom. The first-order valence-electron chi connectivity index (χ1n) is 7.18. The summed E-state index contributed by atoms with van der Waals surface area (Å²) in [7, 11) is 0. The van der Waals surface area contributed by atoms with Crippen molar-refractivity contribution in [3.8, 4) is 0 Å². The zero-order valence-electron chi connectivity index (χ0n) is 12.3. The number of hydrogen-bond donors (Lipinski definition) is 1. The fourth-order valence-corrected chi connectivity index (χ4v) is 1.98. The van der Waals surface area contributed by atoms with Crippen molar-refractivity contribution in [2.45, 2.75) is 25.4 Å². The van der Waals surface area contributed by atoms with Gasteiger partial charge >= 0.3 is 6.18 Å². The maximum absolute atomic E-state index is 12.4. The van der Waals surface area contributed by atoms with Crippen LogP contribution in [0.15, 0.2) is 42.7 Å². The van der Waals surface area contributed by atoms with E-state index >= 15 is 0 Å². The molecule has 0 saturated heterocycles. The van der Waals surface area contributed by atoms with Gasteiger partial charge in [0, 0.05) is 24.6 Å². The van der Waals surface area contributed by atoms with Crippen molar-refractivity contribution in [1.82, 2.24) is 15.3 Å². The molecule has 0 aliphatic heterocycles. The minimum absolute atomic E-state index is 0.114. The largest absolute Gasteiger partial charge is 0.433 e. The number of rotatable bonds is 6. The van der Waals surface area contributed by atoms with E-state index in [2.05, 4.69) is 15.3 Å². The molecule has 7 heteroatoms. The van der Waals surface area contributed by atoms with Gasteiger partial charge in [0.2, 0.25) is 0 Å². The van der Waals surface area contributed by atoms with E-state index in [1.54, 1.807) is 6.20 Å². The van der Waals surface area contributed by atoms with Crippen LogP contribution in [-0.4, -0.2) is 22.4 Å². The van der Waals surface area contributed by atoms with E-state index in [4.69, 9.17) is 0 Å². The van der Waals surface area contributed by atoms with E-state index in [-0.39, 0.29) is 5.56 Å². The molecular weight excluding hydrogens is 307 g/mol. The number of nitrogens with one attached hydrogen (secondary N) is 1. The first kappa shape index (κ1) is 16.9. The van der Waals surface area contributed by atoms with Gasteiger partial charge in [0.1, 0.15) is 5.69 Å². The molecule has 122 valence electrons. The molecule has 2 aromatic rings. The highest BCUT2D eigenvalue weighted by Gasteiger charge is 2.32. The Hall–Kier alpha value is -2.44. The molecule has 0 spiro atoms. The summed E-state index contributed by atoms with van der Waals surface area (Å²) in [6, 6.07) is 7.63. The third-order valence-corrected chi connectivity index (χ3v) is 3.19. The molecule has 2 heterocycles. The van der Waals surface area contributed by atoms with Gasteiger partial charge in [0.05, 0.1) is 5.56 Å². The molecule has 0 aliphatic rings. The molecule has 23 heavy (non-hydrogen) atoms. The number of amides is 1. The number of alkyl halides is 3. The summed E-state index contributed by atoms with van der Waals surface area (Å²) < 4.78 is 37.1. The minimum atomic E-state index is -4.50. The maximum Gasteiger partial charge on any atom is 0.433 e. The van der Waals surface area contributed by atoms with Crippen molar-refractivity contribution < 1.29 is 18.0 Å². The van der Waals surface area contributed by atoms with Gasteiger partial charge in [0.15, 0.2) is 0 Å². The Kier molecular flexibility index (Phi) is 5.67. The zero-order valence-corrected chi connectivity index (χ0v) is 12.3. The predicted octanol–water partition coefficient (Wildman–Crippen LogP) is 3.25. The van der Waals surface area contributed by atoms with E-state index in [1.165, 1.54) is 0 Å². The number of nitrogens with zero attached hydrogens (tertiary/aromatic N) is 2. The predicted molar refractivity (Wildman–Crippen MR) is 78.7 cm³/mol. The van der Waals surface area contributed by atoms with Crippen LogP contribution >= 0.6 is 0 Å². The number of unbranched alkanes of at least 4 members (excludes halogenated alkanes) is 1. The number of halogens is 3. The van der Waals surface area contributed by atoms with Crippen LogP contribution in [0.5, 0.6) is 0 Å². The fourth-order valence-electron chi connectivity index (χ4n) is 1.98. The monoisotopic (exact) mass is 323 g/mol. The summed E-state index contributed by atoms with van der Waals surface area (Å²) in [6.45, 7) is 0.451. The van der Waals surface area contributed by atoms with Gasteiger partial charge in [-0.15, -0.1) is 0 Å². The van der Waals surface area contributed by atoms with Gasteiger partial charge in [-0.2, -0.15) is 13.2 Å². The average molecular weight is 323 g/mol. The smallest absolute Gasteiger partial charge is 0.352 e. The molecule has 2 aromatic heterocycles. The van der Waals surface area contributed by atoms with E-state index in [0.717, 1.165) is 43.3 Å². The molecule has 0 unspecified atom stereocenters. The molecule has 0 atom stereocenters. The Balaban J connectivity index is 1.72. The molecule has 0 bridgehead atoms. The molecule has 2 rings (SSSR count). The lowest BCUT2D eigenvalue weighted by molar-refractivity contribution is -0.141. The van der Waals surface area contributed by atoms with Gasteiger partial charge in [-0.3, -0.25) is 14.8 Å². The van der Waals surface area contributed by atoms with Crippen molar-refractivity contribution >= 4 is 5.91 Å². The van der Waals surface area contributed by atoms with Gasteiger partial charge in [0.25, 0.3) is 5.91 Å². The van der Waals surface area contributed by atoms with Crippen LogP contribution < -0.4 is 5.32 Å². The van der Waals surface area contributed by atoms with Crippen molar-refractivity contribution in [2.24, 2.45) is 0 Å². The Labute approximate surface area is 131 Å². The van der Waals surface area contributed by atoms with Crippen LogP contribution in [0.4, 0.5) is 13.2 Å². The Morgan fingerprint density at radius 3 is 2.52 bits per heavy atom. The molecule has 0 aliphatic carbocycles. The lowest BCUT2D eigenvalue weighted by atomic mass is 10.1. The van der Waals surface area contributed by atoms with Crippen molar-refractivity contribution in [3.63, 3.8) is 0 Å². The number of aryl methyl sites for hydroxylation is 1. The van der Waals surface area contributed by atoms with E-state index < -0.39 is 17.8 Å². The topological polar surface area (TPSA) is 54.9 Å². The summed E-state index contributed by atoms with van der Waals surface area (Å²) in [5, 5.41) is 2.66. The van der Waals surface area contributed by atoms with Crippen LogP contribution in [-0.2, 0) is 12.6 Å². The van der Waals surface area contributed by atoms with Crippen LogP contribution in [0.2, 0.25) is 0 Å². The molecule has 0 fully saturated rings. The molecule has 1 amide bonds. The lowest BCUT2D eigenvalue weighted by Crippen LogP contribution is -2.25. The molecule has 0 radical (unpaired) electrons. The third kappa shape index (κ3) is 5.36. The van der Waals surface area contributed by atoms with Gasteiger partial charge in [-0.05, 0) is 43.5 Å². The summed E-state index contributed by atoms with van der Waals surface area (Å²) in [5.74, 6) is -0.427. The second-order valence-corrected chi connectivity index (χ2v) is 4.96. The van der Waals surface area contributed by atoms with Gasteiger partial charge < -0.3 is 5.32 Å².